The third-order valence-corrected chi connectivity index (χ3v) is 3.67. The molecule has 106 valence electrons. The topological polar surface area (TPSA) is 15.3 Å². The quantitative estimate of drug-likeness (QED) is 0.805. The molecule has 20 heavy (non-hydrogen) atoms. The van der Waals surface area contributed by atoms with Gasteiger partial charge in [0.1, 0.15) is 0 Å². The standard InChI is InChI=1S/C17H22N2S/c1-3-12-19(13-4-2)17(20)18-16-11-7-9-14-8-5-6-10-15(14)16/h5-11H,3-4,12-13H2,1-2H3,(H,18,20). The molecule has 0 saturated heterocycles. The van der Waals surface area contributed by atoms with Crippen LogP contribution < -0.4 is 5.32 Å². The zero-order valence-corrected chi connectivity index (χ0v) is 13.0. The van der Waals surface area contributed by atoms with Crippen molar-refractivity contribution in [3.63, 3.8) is 0 Å². The van der Waals surface area contributed by atoms with Gasteiger partial charge in [-0.3, -0.25) is 0 Å². The van der Waals surface area contributed by atoms with Crippen LogP contribution in [-0.4, -0.2) is 23.1 Å². The normalized spacial score (nSPS) is 10.5. The first-order valence-electron chi connectivity index (χ1n) is 7.30. The third kappa shape index (κ3) is 3.48. The molecule has 2 aromatic rings. The number of benzene rings is 2. The number of nitrogens with one attached hydrogen (secondary N) is 1. The molecule has 2 nitrogen and oxygen atoms in total. The lowest BCUT2D eigenvalue weighted by atomic mass is 10.1. The lowest BCUT2D eigenvalue weighted by molar-refractivity contribution is 0.423. The Labute approximate surface area is 126 Å². The summed E-state index contributed by atoms with van der Waals surface area (Å²) in [6, 6.07) is 14.7. The van der Waals surface area contributed by atoms with Gasteiger partial charge in [0, 0.05) is 24.2 Å². The van der Waals surface area contributed by atoms with Crippen LogP contribution >= 0.6 is 12.2 Å². The second-order valence-corrected chi connectivity index (χ2v) is 5.33. The third-order valence-electron chi connectivity index (χ3n) is 3.31. The smallest absolute Gasteiger partial charge is 0.173 e. The fourth-order valence-electron chi connectivity index (χ4n) is 2.38. The minimum Gasteiger partial charge on any atom is -0.349 e. The summed E-state index contributed by atoms with van der Waals surface area (Å²) in [7, 11) is 0. The van der Waals surface area contributed by atoms with Gasteiger partial charge in [0.15, 0.2) is 5.11 Å². The molecule has 2 rings (SSSR count). The van der Waals surface area contributed by atoms with Gasteiger partial charge in [-0.25, -0.2) is 0 Å². The molecule has 0 spiro atoms. The van der Waals surface area contributed by atoms with Crippen LogP contribution in [0.2, 0.25) is 0 Å². The molecule has 0 aliphatic carbocycles. The Morgan fingerprint density at radius 2 is 1.65 bits per heavy atom. The Kier molecular flexibility index (Phi) is 5.36. The number of rotatable bonds is 5. The molecule has 0 fully saturated rings. The van der Waals surface area contributed by atoms with E-state index >= 15 is 0 Å². The molecule has 0 aromatic heterocycles. The summed E-state index contributed by atoms with van der Waals surface area (Å²) in [6.07, 6.45) is 2.22. The van der Waals surface area contributed by atoms with Crippen LogP contribution in [0.25, 0.3) is 10.8 Å². The largest absolute Gasteiger partial charge is 0.349 e. The fraction of sp³-hybridized carbons (Fsp3) is 0.353. The molecule has 0 unspecified atom stereocenters. The number of fused-ring (bicyclic) bond motifs is 1. The first-order chi connectivity index (χ1) is 9.76. The van der Waals surface area contributed by atoms with Crippen molar-refractivity contribution in [3.05, 3.63) is 42.5 Å². The summed E-state index contributed by atoms with van der Waals surface area (Å²) in [5, 5.41) is 6.68. The molecule has 2 aromatic carbocycles. The van der Waals surface area contributed by atoms with E-state index in [9.17, 15) is 0 Å². The number of hydrogen-bond acceptors (Lipinski definition) is 1. The van der Waals surface area contributed by atoms with E-state index in [1.807, 2.05) is 0 Å². The second-order valence-electron chi connectivity index (χ2n) is 4.94. The Morgan fingerprint density at radius 1 is 1.00 bits per heavy atom. The van der Waals surface area contributed by atoms with Crippen LogP contribution in [0.15, 0.2) is 42.5 Å². The van der Waals surface area contributed by atoms with Crippen LogP contribution in [0.3, 0.4) is 0 Å². The molecule has 0 aliphatic heterocycles. The highest BCUT2D eigenvalue weighted by molar-refractivity contribution is 7.80. The van der Waals surface area contributed by atoms with E-state index in [-0.39, 0.29) is 0 Å². The number of anilines is 1. The average Bonchev–Trinajstić information content (AvgIpc) is 2.47. The monoisotopic (exact) mass is 286 g/mol. The van der Waals surface area contributed by atoms with Crippen LogP contribution in [0, 0.1) is 0 Å². The van der Waals surface area contributed by atoms with E-state index in [1.165, 1.54) is 10.8 Å². The molecule has 1 N–H and O–H groups in total. The van der Waals surface area contributed by atoms with Crippen LogP contribution in [0.1, 0.15) is 26.7 Å². The first kappa shape index (κ1) is 14.8. The SMILES string of the molecule is CCCN(CCC)C(=S)Nc1cccc2ccccc12. The lowest BCUT2D eigenvalue weighted by Crippen LogP contribution is -2.35. The van der Waals surface area contributed by atoms with Gasteiger partial charge >= 0.3 is 0 Å². The van der Waals surface area contributed by atoms with Crippen molar-refractivity contribution in [1.82, 2.24) is 4.90 Å². The van der Waals surface area contributed by atoms with Crippen molar-refractivity contribution in [2.45, 2.75) is 26.7 Å². The molecule has 0 bridgehead atoms. The van der Waals surface area contributed by atoms with Gasteiger partial charge in [-0.15, -0.1) is 0 Å². The van der Waals surface area contributed by atoms with Gasteiger partial charge in [-0.2, -0.15) is 0 Å². The van der Waals surface area contributed by atoms with E-state index in [2.05, 4.69) is 66.5 Å². The highest BCUT2D eigenvalue weighted by Gasteiger charge is 2.09. The first-order valence-corrected chi connectivity index (χ1v) is 7.70. The highest BCUT2D eigenvalue weighted by atomic mass is 32.1. The summed E-state index contributed by atoms with van der Waals surface area (Å²) in [4.78, 5) is 2.25. The minimum absolute atomic E-state index is 0.824. The number of nitrogens with zero attached hydrogens (tertiary/aromatic N) is 1. The van der Waals surface area contributed by atoms with Gasteiger partial charge in [-0.05, 0) is 36.5 Å². The number of thiocarbonyl (C=S) groups is 1. The van der Waals surface area contributed by atoms with Gasteiger partial charge < -0.3 is 10.2 Å². The number of hydrogen-bond donors (Lipinski definition) is 1. The highest BCUT2D eigenvalue weighted by Crippen LogP contribution is 2.23. The fourth-order valence-corrected chi connectivity index (χ4v) is 2.68. The van der Waals surface area contributed by atoms with Crippen molar-refractivity contribution in [1.29, 1.82) is 0 Å². The molecule has 0 heterocycles. The van der Waals surface area contributed by atoms with E-state index in [0.29, 0.717) is 0 Å². The van der Waals surface area contributed by atoms with Crippen molar-refractivity contribution < 1.29 is 0 Å². The Bertz CT molecular complexity index is 569. The van der Waals surface area contributed by atoms with E-state index in [4.69, 9.17) is 12.2 Å². The van der Waals surface area contributed by atoms with Crippen molar-refractivity contribution >= 4 is 33.8 Å². The summed E-state index contributed by atoms with van der Waals surface area (Å²) in [5.74, 6) is 0. The molecular weight excluding hydrogens is 264 g/mol. The average molecular weight is 286 g/mol. The summed E-state index contributed by atoms with van der Waals surface area (Å²) in [5.41, 5.74) is 1.09. The molecule has 0 aliphatic rings. The Balaban J connectivity index is 2.20. The zero-order chi connectivity index (χ0) is 14.4. The Morgan fingerprint density at radius 3 is 2.35 bits per heavy atom. The van der Waals surface area contributed by atoms with Gasteiger partial charge in [0.05, 0.1) is 0 Å². The van der Waals surface area contributed by atoms with Crippen LogP contribution in [-0.2, 0) is 0 Å². The maximum Gasteiger partial charge on any atom is 0.173 e. The predicted octanol–water partition coefficient (Wildman–Crippen LogP) is 4.66. The summed E-state index contributed by atoms with van der Waals surface area (Å²) in [6.45, 7) is 6.38. The maximum atomic E-state index is 5.57. The molecule has 0 atom stereocenters. The molecular formula is C17H22N2S. The van der Waals surface area contributed by atoms with Crippen molar-refractivity contribution in [3.8, 4) is 0 Å². The van der Waals surface area contributed by atoms with E-state index in [1.54, 1.807) is 0 Å². The Hall–Kier alpha value is -1.61. The van der Waals surface area contributed by atoms with Crippen LogP contribution in [0.4, 0.5) is 5.69 Å². The van der Waals surface area contributed by atoms with Crippen LogP contribution in [0.5, 0.6) is 0 Å². The van der Waals surface area contributed by atoms with Gasteiger partial charge in [0.2, 0.25) is 0 Å². The van der Waals surface area contributed by atoms with E-state index < -0.39 is 0 Å². The van der Waals surface area contributed by atoms with Gasteiger partial charge in [0.25, 0.3) is 0 Å². The second kappa shape index (κ2) is 7.25. The predicted molar refractivity (Wildman–Crippen MR) is 92.3 cm³/mol. The van der Waals surface area contributed by atoms with E-state index in [0.717, 1.165) is 36.7 Å². The molecule has 3 heteroatoms. The summed E-state index contributed by atoms with van der Waals surface area (Å²) >= 11 is 5.57. The minimum atomic E-state index is 0.824. The lowest BCUT2D eigenvalue weighted by Gasteiger charge is -2.25. The molecule has 0 radical (unpaired) electrons. The van der Waals surface area contributed by atoms with Gasteiger partial charge in [-0.1, -0.05) is 50.2 Å². The summed E-state index contributed by atoms with van der Waals surface area (Å²) < 4.78 is 0. The molecule has 0 amide bonds. The van der Waals surface area contributed by atoms with Crippen molar-refractivity contribution in [2.24, 2.45) is 0 Å². The van der Waals surface area contributed by atoms with Crippen molar-refractivity contribution in [2.75, 3.05) is 18.4 Å². The molecule has 0 saturated carbocycles. The zero-order valence-electron chi connectivity index (χ0n) is 12.2. The maximum absolute atomic E-state index is 5.57.